The number of rotatable bonds is 6. The molecule has 6 heteroatoms. The fourth-order valence-electron chi connectivity index (χ4n) is 1.88. The number of hydrogen-bond acceptors (Lipinski definition) is 4. The number of aromatic nitrogens is 2. The van der Waals surface area contributed by atoms with Crippen LogP contribution in [0.2, 0.25) is 0 Å². The Hall–Kier alpha value is -0.820. The van der Waals surface area contributed by atoms with E-state index in [0.717, 1.165) is 39.5 Å². The molecule has 0 aliphatic heterocycles. The highest BCUT2D eigenvalue weighted by atomic mass is 79.9. The lowest BCUT2D eigenvalue weighted by Crippen LogP contribution is -2.15. The van der Waals surface area contributed by atoms with Crippen LogP contribution in [0, 0.1) is 0 Å². The Kier molecular flexibility index (Phi) is 4.77. The molecule has 3 nitrogen and oxygen atoms in total. The first-order chi connectivity index (χ1) is 9.81. The van der Waals surface area contributed by atoms with Crippen molar-refractivity contribution >= 4 is 50.1 Å². The first kappa shape index (κ1) is 14.1. The van der Waals surface area contributed by atoms with Gasteiger partial charge in [-0.3, -0.25) is 0 Å². The third-order valence-electron chi connectivity index (χ3n) is 2.81. The van der Waals surface area contributed by atoms with Gasteiger partial charge in [-0.05, 0) is 34.1 Å². The van der Waals surface area contributed by atoms with Crippen molar-refractivity contribution in [3.05, 3.63) is 45.1 Å². The minimum Gasteiger partial charge on any atom is -0.333 e. The molecule has 2 N–H and O–H groups in total. The lowest BCUT2D eigenvalue weighted by atomic mass is 10.3. The van der Waals surface area contributed by atoms with E-state index in [1.54, 1.807) is 23.1 Å². The molecule has 0 saturated heterocycles. The molecule has 3 rings (SSSR count). The van der Waals surface area contributed by atoms with Crippen LogP contribution in [0.1, 0.15) is 4.88 Å². The summed E-state index contributed by atoms with van der Waals surface area (Å²) in [5, 5.41) is 6.55. The number of benzene rings is 1. The van der Waals surface area contributed by atoms with E-state index < -0.39 is 0 Å². The summed E-state index contributed by atoms with van der Waals surface area (Å²) < 4.78 is 1.16. The molecular formula is C14H14BrN3S2. The number of thiophene rings is 1. The minimum absolute atomic E-state index is 0.928. The number of hydrogen-bond donors (Lipinski definition) is 2. The highest BCUT2D eigenvalue weighted by molar-refractivity contribution is 9.10. The molecule has 20 heavy (non-hydrogen) atoms. The van der Waals surface area contributed by atoms with Gasteiger partial charge >= 0.3 is 0 Å². The predicted molar refractivity (Wildman–Crippen MR) is 90.5 cm³/mol. The molecule has 0 aliphatic rings. The van der Waals surface area contributed by atoms with Crippen LogP contribution in [0.4, 0.5) is 0 Å². The average Bonchev–Trinajstić information content (AvgIpc) is 3.04. The van der Waals surface area contributed by atoms with Crippen LogP contribution in [0.15, 0.2) is 45.3 Å². The number of imidazole rings is 1. The maximum Gasteiger partial charge on any atom is 0.166 e. The molecule has 0 atom stereocenters. The summed E-state index contributed by atoms with van der Waals surface area (Å²) in [5.74, 6) is 1.01. The van der Waals surface area contributed by atoms with Crippen molar-refractivity contribution in [3.8, 4) is 0 Å². The molecule has 0 aliphatic carbocycles. The number of nitrogens with zero attached hydrogens (tertiary/aromatic N) is 1. The Morgan fingerprint density at radius 2 is 2.25 bits per heavy atom. The van der Waals surface area contributed by atoms with Gasteiger partial charge in [0.1, 0.15) is 0 Å². The first-order valence-electron chi connectivity index (χ1n) is 6.32. The van der Waals surface area contributed by atoms with Crippen molar-refractivity contribution in [1.82, 2.24) is 15.3 Å². The van der Waals surface area contributed by atoms with Gasteiger partial charge in [-0.2, -0.15) is 0 Å². The SMILES string of the molecule is Brc1csc(CNCCSc2nc3ccccc3[nH]2)c1. The maximum atomic E-state index is 4.55. The van der Waals surface area contributed by atoms with Crippen molar-refractivity contribution in [2.75, 3.05) is 12.3 Å². The summed E-state index contributed by atoms with van der Waals surface area (Å²) in [7, 11) is 0. The van der Waals surface area contributed by atoms with Crippen LogP contribution in [-0.2, 0) is 6.54 Å². The summed E-state index contributed by atoms with van der Waals surface area (Å²) in [4.78, 5) is 9.23. The highest BCUT2D eigenvalue weighted by Crippen LogP contribution is 2.20. The number of nitrogens with one attached hydrogen (secondary N) is 2. The van der Waals surface area contributed by atoms with E-state index >= 15 is 0 Å². The van der Waals surface area contributed by atoms with Crippen molar-refractivity contribution in [1.29, 1.82) is 0 Å². The molecule has 104 valence electrons. The summed E-state index contributed by atoms with van der Waals surface area (Å²) in [6, 6.07) is 10.3. The van der Waals surface area contributed by atoms with E-state index in [9.17, 15) is 0 Å². The van der Waals surface area contributed by atoms with E-state index in [0.29, 0.717) is 0 Å². The third-order valence-corrected chi connectivity index (χ3v) is 5.38. The van der Waals surface area contributed by atoms with Crippen LogP contribution in [0.5, 0.6) is 0 Å². The number of para-hydroxylation sites is 2. The summed E-state index contributed by atoms with van der Waals surface area (Å²) in [5.41, 5.74) is 2.14. The highest BCUT2D eigenvalue weighted by Gasteiger charge is 2.02. The van der Waals surface area contributed by atoms with Crippen LogP contribution in [0.3, 0.4) is 0 Å². The molecule has 0 unspecified atom stereocenters. The normalized spacial score (nSPS) is 11.2. The third kappa shape index (κ3) is 3.63. The van der Waals surface area contributed by atoms with E-state index in [1.807, 2.05) is 18.2 Å². The van der Waals surface area contributed by atoms with Crippen LogP contribution < -0.4 is 5.32 Å². The van der Waals surface area contributed by atoms with Crippen molar-refractivity contribution < 1.29 is 0 Å². The van der Waals surface area contributed by atoms with E-state index in [4.69, 9.17) is 0 Å². The van der Waals surface area contributed by atoms with Gasteiger partial charge in [0.05, 0.1) is 11.0 Å². The van der Waals surface area contributed by atoms with Gasteiger partial charge in [0.25, 0.3) is 0 Å². The van der Waals surface area contributed by atoms with Gasteiger partial charge in [-0.1, -0.05) is 23.9 Å². The second kappa shape index (κ2) is 6.76. The maximum absolute atomic E-state index is 4.55. The largest absolute Gasteiger partial charge is 0.333 e. The van der Waals surface area contributed by atoms with E-state index in [1.165, 1.54) is 4.88 Å². The first-order valence-corrected chi connectivity index (χ1v) is 8.98. The van der Waals surface area contributed by atoms with Crippen LogP contribution in [0.25, 0.3) is 11.0 Å². The average molecular weight is 368 g/mol. The van der Waals surface area contributed by atoms with Crippen molar-refractivity contribution in [2.45, 2.75) is 11.7 Å². The number of thioether (sulfide) groups is 1. The topological polar surface area (TPSA) is 40.7 Å². The number of halogens is 1. The zero-order valence-corrected chi connectivity index (χ0v) is 13.9. The monoisotopic (exact) mass is 367 g/mol. The second-order valence-electron chi connectivity index (χ2n) is 4.32. The second-order valence-corrected chi connectivity index (χ2v) is 7.31. The molecule has 3 aromatic rings. The van der Waals surface area contributed by atoms with E-state index in [-0.39, 0.29) is 0 Å². The summed E-state index contributed by atoms with van der Waals surface area (Å²) >= 11 is 6.99. The fraction of sp³-hybridized carbons (Fsp3) is 0.214. The minimum atomic E-state index is 0.928. The Morgan fingerprint density at radius 3 is 3.05 bits per heavy atom. The molecular weight excluding hydrogens is 354 g/mol. The zero-order valence-electron chi connectivity index (χ0n) is 10.7. The standard InChI is InChI=1S/C14H14BrN3S2/c15-10-7-11(20-9-10)8-16-5-6-19-14-17-12-3-1-2-4-13(12)18-14/h1-4,7,9,16H,5-6,8H2,(H,17,18). The quantitative estimate of drug-likeness (QED) is 0.504. The smallest absolute Gasteiger partial charge is 0.166 e. The molecule has 2 heterocycles. The summed E-state index contributed by atoms with van der Waals surface area (Å²) in [6.45, 7) is 1.90. The lowest BCUT2D eigenvalue weighted by molar-refractivity contribution is 0.740. The molecule has 0 saturated carbocycles. The molecule has 0 amide bonds. The van der Waals surface area contributed by atoms with Gasteiger partial charge in [0, 0.05) is 33.6 Å². The van der Waals surface area contributed by atoms with Gasteiger partial charge in [0.2, 0.25) is 0 Å². The summed E-state index contributed by atoms with van der Waals surface area (Å²) in [6.07, 6.45) is 0. The molecule has 2 aromatic heterocycles. The molecule has 0 radical (unpaired) electrons. The van der Waals surface area contributed by atoms with Crippen LogP contribution in [-0.4, -0.2) is 22.3 Å². The van der Waals surface area contributed by atoms with Gasteiger partial charge < -0.3 is 10.3 Å². The van der Waals surface area contributed by atoms with Crippen molar-refractivity contribution in [2.24, 2.45) is 0 Å². The predicted octanol–water partition coefficient (Wildman–Crippen LogP) is 4.27. The molecule has 0 spiro atoms. The Labute approximate surface area is 134 Å². The Balaban J connectivity index is 1.43. The van der Waals surface area contributed by atoms with Gasteiger partial charge in [0.15, 0.2) is 5.16 Å². The lowest BCUT2D eigenvalue weighted by Gasteiger charge is -2.01. The van der Waals surface area contributed by atoms with Gasteiger partial charge in [-0.25, -0.2) is 4.98 Å². The number of fused-ring (bicyclic) bond motifs is 1. The van der Waals surface area contributed by atoms with Gasteiger partial charge in [-0.15, -0.1) is 11.3 Å². The molecule has 1 aromatic carbocycles. The number of H-pyrrole nitrogens is 1. The fourth-order valence-corrected chi connectivity index (χ4v) is 4.08. The zero-order chi connectivity index (χ0) is 13.8. The van der Waals surface area contributed by atoms with E-state index in [2.05, 4.69) is 48.7 Å². The Morgan fingerprint density at radius 1 is 1.35 bits per heavy atom. The molecule has 0 fully saturated rings. The number of aromatic amines is 1. The van der Waals surface area contributed by atoms with Crippen LogP contribution >= 0.6 is 39.0 Å². The molecule has 0 bridgehead atoms. The van der Waals surface area contributed by atoms with Crippen molar-refractivity contribution in [3.63, 3.8) is 0 Å². The Bertz CT molecular complexity index is 659.